The third kappa shape index (κ3) is 1.74. The molecule has 82 valence electrons. The SMILES string of the molecule is Cn1ncc(C(N)=S)c(-c2nccs2)c1=O. The number of nitrogens with two attached hydrogens (primary N) is 1. The predicted octanol–water partition coefficient (Wildman–Crippen LogP) is 0.538. The largest absolute Gasteiger partial charge is 0.389 e. The van der Waals surface area contributed by atoms with Crippen molar-refractivity contribution in [2.45, 2.75) is 0 Å². The second-order valence-corrected chi connectivity index (χ2v) is 4.40. The van der Waals surface area contributed by atoms with Crippen molar-refractivity contribution in [3.05, 3.63) is 33.7 Å². The molecule has 0 aliphatic carbocycles. The van der Waals surface area contributed by atoms with E-state index in [-0.39, 0.29) is 10.5 Å². The number of thiocarbonyl (C=S) groups is 1. The Morgan fingerprint density at radius 3 is 2.94 bits per heavy atom. The maximum atomic E-state index is 11.9. The average Bonchev–Trinajstić information content (AvgIpc) is 2.74. The fourth-order valence-corrected chi connectivity index (χ4v) is 2.12. The minimum absolute atomic E-state index is 0.149. The summed E-state index contributed by atoms with van der Waals surface area (Å²) in [5.41, 5.74) is 6.19. The van der Waals surface area contributed by atoms with E-state index in [0.717, 1.165) is 0 Å². The molecule has 2 aromatic heterocycles. The maximum absolute atomic E-state index is 11.9. The summed E-state index contributed by atoms with van der Waals surface area (Å²) < 4.78 is 1.23. The highest BCUT2D eigenvalue weighted by Crippen LogP contribution is 2.21. The van der Waals surface area contributed by atoms with Crippen LogP contribution in [-0.2, 0) is 7.05 Å². The summed E-state index contributed by atoms with van der Waals surface area (Å²) in [6.07, 6.45) is 3.11. The van der Waals surface area contributed by atoms with Gasteiger partial charge in [0.2, 0.25) is 0 Å². The Kier molecular flexibility index (Phi) is 2.80. The van der Waals surface area contributed by atoms with Crippen molar-refractivity contribution in [2.24, 2.45) is 12.8 Å². The Balaban J connectivity index is 2.80. The molecule has 0 amide bonds. The number of aromatic nitrogens is 3. The Bertz CT molecular complexity index is 588. The molecule has 0 fully saturated rings. The summed E-state index contributed by atoms with van der Waals surface area (Å²) >= 11 is 6.26. The molecule has 0 atom stereocenters. The number of hydrogen-bond acceptors (Lipinski definition) is 5. The zero-order valence-corrected chi connectivity index (χ0v) is 10.0. The van der Waals surface area contributed by atoms with Crippen LogP contribution in [0.15, 0.2) is 22.6 Å². The number of rotatable bonds is 2. The molecule has 0 radical (unpaired) electrons. The Hall–Kier alpha value is -1.60. The summed E-state index contributed by atoms with van der Waals surface area (Å²) in [4.78, 5) is 16.2. The molecule has 0 aromatic carbocycles. The van der Waals surface area contributed by atoms with Crippen LogP contribution in [0.2, 0.25) is 0 Å². The summed E-state index contributed by atoms with van der Waals surface area (Å²) in [7, 11) is 1.57. The van der Waals surface area contributed by atoms with E-state index in [4.69, 9.17) is 18.0 Å². The van der Waals surface area contributed by atoms with Crippen LogP contribution in [0, 0.1) is 0 Å². The molecule has 16 heavy (non-hydrogen) atoms. The normalized spacial score (nSPS) is 10.3. The summed E-state index contributed by atoms with van der Waals surface area (Å²) in [6, 6.07) is 0. The number of aryl methyl sites for hydroxylation is 1. The fourth-order valence-electron chi connectivity index (χ4n) is 1.28. The topological polar surface area (TPSA) is 73.8 Å². The minimum Gasteiger partial charge on any atom is -0.389 e. The van der Waals surface area contributed by atoms with Gasteiger partial charge in [0, 0.05) is 24.2 Å². The van der Waals surface area contributed by atoms with Gasteiger partial charge in [-0.15, -0.1) is 11.3 Å². The Morgan fingerprint density at radius 2 is 2.38 bits per heavy atom. The highest BCUT2D eigenvalue weighted by atomic mass is 32.1. The van der Waals surface area contributed by atoms with Crippen LogP contribution in [0.5, 0.6) is 0 Å². The first-order valence-corrected chi connectivity index (χ1v) is 5.66. The molecule has 0 saturated heterocycles. The molecule has 2 rings (SSSR count). The van der Waals surface area contributed by atoms with Gasteiger partial charge < -0.3 is 5.73 Å². The van der Waals surface area contributed by atoms with Gasteiger partial charge in [-0.1, -0.05) is 12.2 Å². The highest BCUT2D eigenvalue weighted by molar-refractivity contribution is 7.80. The maximum Gasteiger partial charge on any atom is 0.277 e. The predicted molar refractivity (Wildman–Crippen MR) is 66.5 cm³/mol. The van der Waals surface area contributed by atoms with Crippen LogP contribution in [-0.4, -0.2) is 19.8 Å². The molecule has 2 aromatic rings. The van der Waals surface area contributed by atoms with Crippen LogP contribution in [0.25, 0.3) is 10.6 Å². The van der Waals surface area contributed by atoms with Gasteiger partial charge in [0.25, 0.3) is 5.56 Å². The monoisotopic (exact) mass is 252 g/mol. The van der Waals surface area contributed by atoms with Crippen LogP contribution >= 0.6 is 23.6 Å². The van der Waals surface area contributed by atoms with Crippen molar-refractivity contribution in [3.63, 3.8) is 0 Å². The standard InChI is InChI=1S/C9H8N4OS2/c1-13-9(14)6(8-11-2-3-16-8)5(4-12-13)7(10)15/h2-4H,1H3,(H2,10,15). The Morgan fingerprint density at radius 1 is 1.62 bits per heavy atom. The number of thiazole rings is 1. The highest BCUT2D eigenvalue weighted by Gasteiger charge is 2.15. The van der Waals surface area contributed by atoms with E-state index in [1.54, 1.807) is 18.6 Å². The van der Waals surface area contributed by atoms with Crippen molar-refractivity contribution in [3.8, 4) is 10.6 Å². The van der Waals surface area contributed by atoms with Gasteiger partial charge in [0.15, 0.2) is 0 Å². The average molecular weight is 252 g/mol. The van der Waals surface area contributed by atoms with Crippen molar-refractivity contribution in [1.82, 2.24) is 14.8 Å². The van der Waals surface area contributed by atoms with E-state index >= 15 is 0 Å². The lowest BCUT2D eigenvalue weighted by Crippen LogP contribution is -2.26. The van der Waals surface area contributed by atoms with E-state index in [0.29, 0.717) is 16.1 Å². The first-order chi connectivity index (χ1) is 7.61. The van der Waals surface area contributed by atoms with Gasteiger partial charge in [-0.3, -0.25) is 4.79 Å². The summed E-state index contributed by atoms with van der Waals surface area (Å²) in [5, 5.41) is 6.28. The molecule has 2 heterocycles. The zero-order valence-electron chi connectivity index (χ0n) is 8.38. The van der Waals surface area contributed by atoms with Gasteiger partial charge in [-0.2, -0.15) is 5.10 Å². The molecule has 7 heteroatoms. The van der Waals surface area contributed by atoms with Crippen molar-refractivity contribution >= 4 is 28.5 Å². The third-order valence-corrected chi connectivity index (χ3v) is 3.06. The van der Waals surface area contributed by atoms with Crippen LogP contribution in [0.3, 0.4) is 0 Å². The van der Waals surface area contributed by atoms with E-state index in [1.165, 1.54) is 22.2 Å². The Labute approximate surface area is 101 Å². The molecule has 2 N–H and O–H groups in total. The smallest absolute Gasteiger partial charge is 0.277 e. The number of hydrogen-bond donors (Lipinski definition) is 1. The third-order valence-electron chi connectivity index (χ3n) is 2.05. The lowest BCUT2D eigenvalue weighted by molar-refractivity contribution is 0.708. The van der Waals surface area contributed by atoms with E-state index in [9.17, 15) is 4.79 Å². The van der Waals surface area contributed by atoms with Crippen LogP contribution in [0.4, 0.5) is 0 Å². The molecular weight excluding hydrogens is 244 g/mol. The first kappa shape index (κ1) is 10.9. The van der Waals surface area contributed by atoms with Crippen molar-refractivity contribution in [2.75, 3.05) is 0 Å². The molecular formula is C9H8N4OS2. The lowest BCUT2D eigenvalue weighted by Gasteiger charge is -2.05. The summed E-state index contributed by atoms with van der Waals surface area (Å²) in [5.74, 6) is 0. The van der Waals surface area contributed by atoms with Crippen molar-refractivity contribution in [1.29, 1.82) is 0 Å². The van der Waals surface area contributed by atoms with Crippen LogP contribution < -0.4 is 11.3 Å². The van der Waals surface area contributed by atoms with Gasteiger partial charge in [-0.05, 0) is 0 Å². The molecule has 5 nitrogen and oxygen atoms in total. The minimum atomic E-state index is -0.250. The molecule has 0 aliphatic heterocycles. The second kappa shape index (κ2) is 4.11. The van der Waals surface area contributed by atoms with Gasteiger partial charge in [-0.25, -0.2) is 9.67 Å². The molecule has 0 aliphatic rings. The second-order valence-electron chi connectivity index (χ2n) is 3.06. The lowest BCUT2D eigenvalue weighted by atomic mass is 10.2. The molecule has 0 spiro atoms. The molecule has 0 unspecified atom stereocenters. The van der Waals surface area contributed by atoms with Crippen LogP contribution in [0.1, 0.15) is 5.56 Å². The van der Waals surface area contributed by atoms with E-state index in [2.05, 4.69) is 10.1 Å². The van der Waals surface area contributed by atoms with Gasteiger partial charge in [0.05, 0.1) is 11.8 Å². The quantitative estimate of drug-likeness (QED) is 0.790. The first-order valence-electron chi connectivity index (χ1n) is 4.37. The number of nitrogens with zero attached hydrogens (tertiary/aromatic N) is 3. The molecule has 0 bridgehead atoms. The summed E-state index contributed by atoms with van der Waals surface area (Å²) in [6.45, 7) is 0. The van der Waals surface area contributed by atoms with Crippen molar-refractivity contribution < 1.29 is 0 Å². The molecule has 0 saturated carbocycles. The fraction of sp³-hybridized carbons (Fsp3) is 0.111. The van der Waals surface area contributed by atoms with E-state index in [1.807, 2.05) is 0 Å². The van der Waals surface area contributed by atoms with E-state index < -0.39 is 0 Å². The zero-order chi connectivity index (χ0) is 11.7. The van der Waals surface area contributed by atoms with Gasteiger partial charge >= 0.3 is 0 Å². The van der Waals surface area contributed by atoms with Gasteiger partial charge in [0.1, 0.15) is 10.00 Å².